The van der Waals surface area contributed by atoms with Gasteiger partial charge in [0.05, 0.1) is 13.2 Å². The number of benzene rings is 1. The van der Waals surface area contributed by atoms with Crippen LogP contribution in [0.25, 0.3) is 0 Å². The number of unbranched alkanes of at least 4 members (excludes halogenated alkanes) is 1. The van der Waals surface area contributed by atoms with Gasteiger partial charge in [0.15, 0.2) is 0 Å². The monoisotopic (exact) mass is 462 g/mol. The molecular weight excluding hydrogens is 416 g/mol. The minimum atomic E-state index is -0.769. The number of ether oxygens (including phenoxy) is 2. The Balaban J connectivity index is 0.000000357. The lowest BCUT2D eigenvalue weighted by atomic mass is 9.94. The van der Waals surface area contributed by atoms with E-state index in [-0.39, 0.29) is 5.54 Å². The first-order valence-electron chi connectivity index (χ1n) is 12.8. The van der Waals surface area contributed by atoms with Crippen molar-refractivity contribution in [1.29, 1.82) is 0 Å². The lowest BCUT2D eigenvalue weighted by Crippen LogP contribution is -2.48. The number of carbonyl (C=O) groups is 1. The first-order valence-corrected chi connectivity index (χ1v) is 12.8. The molecule has 1 amide bonds. The van der Waals surface area contributed by atoms with Crippen LogP contribution in [0.15, 0.2) is 30.3 Å². The summed E-state index contributed by atoms with van der Waals surface area (Å²) in [6.07, 6.45) is 7.26. The molecular formula is C27H46N2O4. The van der Waals surface area contributed by atoms with Gasteiger partial charge >= 0.3 is 6.09 Å². The standard InChI is InChI=1S/C21H35NO2.C6H11NO2/c1-21(2,3)22-13-9-12-20(16-22)18-24-15-8-7-14-23-17-19-10-5-4-6-11-19;8-6(9)7-4-2-1-3-5-7/h4-6,10-11,20H,7-9,12-18H2,1-3H3;1-5H2,(H,8,9). The fourth-order valence-corrected chi connectivity index (χ4v) is 4.32. The Morgan fingerprint density at radius 2 is 1.64 bits per heavy atom. The maximum Gasteiger partial charge on any atom is 0.407 e. The SMILES string of the molecule is CC(C)(C)N1CCCC(COCCCCOCc2ccccc2)C1.O=C(O)N1CCCCC1. The predicted octanol–water partition coefficient (Wildman–Crippen LogP) is 5.66. The summed E-state index contributed by atoms with van der Waals surface area (Å²) in [7, 11) is 0. The Bertz CT molecular complexity index is 641. The summed E-state index contributed by atoms with van der Waals surface area (Å²) in [5.41, 5.74) is 1.53. The molecule has 0 aromatic heterocycles. The van der Waals surface area contributed by atoms with Crippen LogP contribution in [0, 0.1) is 5.92 Å². The van der Waals surface area contributed by atoms with Crippen LogP contribution in [0.4, 0.5) is 4.79 Å². The van der Waals surface area contributed by atoms with Gasteiger partial charge in [-0.15, -0.1) is 0 Å². The zero-order valence-corrected chi connectivity index (χ0v) is 21.1. The number of nitrogens with zero attached hydrogens (tertiary/aromatic N) is 2. The average Bonchev–Trinajstić information content (AvgIpc) is 2.82. The van der Waals surface area contributed by atoms with E-state index < -0.39 is 6.09 Å². The summed E-state index contributed by atoms with van der Waals surface area (Å²) in [5, 5.41) is 8.46. The number of rotatable bonds is 9. The Kier molecular flexibility index (Phi) is 12.8. The molecule has 1 aromatic rings. The highest BCUT2D eigenvalue weighted by Crippen LogP contribution is 2.23. The second-order valence-electron chi connectivity index (χ2n) is 10.3. The van der Waals surface area contributed by atoms with Gasteiger partial charge in [-0.1, -0.05) is 30.3 Å². The van der Waals surface area contributed by atoms with Crippen LogP contribution in [-0.2, 0) is 16.1 Å². The summed E-state index contributed by atoms with van der Waals surface area (Å²) in [6.45, 7) is 14.1. The lowest BCUT2D eigenvalue weighted by Gasteiger charge is -2.41. The van der Waals surface area contributed by atoms with Gasteiger partial charge in [0.25, 0.3) is 0 Å². The van der Waals surface area contributed by atoms with E-state index in [1.165, 1.54) is 42.8 Å². The van der Waals surface area contributed by atoms with Crippen molar-refractivity contribution in [3.05, 3.63) is 35.9 Å². The predicted molar refractivity (Wildman–Crippen MR) is 134 cm³/mol. The van der Waals surface area contributed by atoms with Gasteiger partial charge in [-0.2, -0.15) is 0 Å². The molecule has 0 aliphatic carbocycles. The zero-order valence-electron chi connectivity index (χ0n) is 21.1. The number of carboxylic acid groups (broad SMARTS) is 1. The normalized spacial score (nSPS) is 19.6. The fourth-order valence-electron chi connectivity index (χ4n) is 4.32. The second kappa shape index (κ2) is 15.3. The molecule has 188 valence electrons. The van der Waals surface area contributed by atoms with Crippen molar-refractivity contribution in [1.82, 2.24) is 9.80 Å². The largest absolute Gasteiger partial charge is 0.465 e. The lowest BCUT2D eigenvalue weighted by molar-refractivity contribution is 0.0248. The van der Waals surface area contributed by atoms with Crippen LogP contribution in [-0.4, -0.2) is 72.5 Å². The van der Waals surface area contributed by atoms with E-state index >= 15 is 0 Å². The molecule has 0 bridgehead atoms. The molecule has 1 atom stereocenters. The molecule has 3 rings (SSSR count). The van der Waals surface area contributed by atoms with Crippen molar-refractivity contribution in [2.75, 3.05) is 46.0 Å². The summed E-state index contributed by atoms with van der Waals surface area (Å²) in [6, 6.07) is 10.4. The van der Waals surface area contributed by atoms with Crippen LogP contribution in [0.1, 0.15) is 71.3 Å². The molecule has 33 heavy (non-hydrogen) atoms. The van der Waals surface area contributed by atoms with E-state index in [4.69, 9.17) is 14.6 Å². The Morgan fingerprint density at radius 3 is 2.24 bits per heavy atom. The van der Waals surface area contributed by atoms with Gasteiger partial charge in [-0.05, 0) is 83.7 Å². The van der Waals surface area contributed by atoms with Crippen LogP contribution < -0.4 is 0 Å². The van der Waals surface area contributed by atoms with E-state index in [1.807, 2.05) is 6.07 Å². The average molecular weight is 463 g/mol. The van der Waals surface area contributed by atoms with Crippen molar-refractivity contribution < 1.29 is 19.4 Å². The molecule has 1 unspecified atom stereocenters. The number of amides is 1. The third-order valence-corrected chi connectivity index (χ3v) is 6.39. The number of hydrogen-bond acceptors (Lipinski definition) is 4. The van der Waals surface area contributed by atoms with E-state index in [2.05, 4.69) is 49.9 Å². The zero-order chi connectivity index (χ0) is 23.9. The van der Waals surface area contributed by atoms with Crippen LogP contribution in [0.2, 0.25) is 0 Å². The fraction of sp³-hybridized carbons (Fsp3) is 0.741. The maximum atomic E-state index is 10.3. The summed E-state index contributed by atoms with van der Waals surface area (Å²) >= 11 is 0. The molecule has 2 aliphatic heterocycles. The highest BCUT2D eigenvalue weighted by Gasteiger charge is 2.27. The summed E-state index contributed by atoms with van der Waals surface area (Å²) in [5.74, 6) is 0.701. The smallest absolute Gasteiger partial charge is 0.407 e. The molecule has 2 saturated heterocycles. The molecule has 0 radical (unpaired) electrons. The Morgan fingerprint density at radius 1 is 0.970 bits per heavy atom. The van der Waals surface area contributed by atoms with E-state index in [1.54, 1.807) is 0 Å². The van der Waals surface area contributed by atoms with E-state index in [9.17, 15) is 4.79 Å². The minimum Gasteiger partial charge on any atom is -0.465 e. The topological polar surface area (TPSA) is 62.2 Å². The van der Waals surface area contributed by atoms with E-state index in [0.717, 1.165) is 58.6 Å². The third kappa shape index (κ3) is 11.9. The van der Waals surface area contributed by atoms with Crippen molar-refractivity contribution in [3.8, 4) is 0 Å². The molecule has 6 nitrogen and oxygen atoms in total. The van der Waals surface area contributed by atoms with E-state index in [0.29, 0.717) is 12.5 Å². The Labute approximate surface area is 201 Å². The molecule has 1 aromatic carbocycles. The minimum absolute atomic E-state index is 0.286. The molecule has 6 heteroatoms. The third-order valence-electron chi connectivity index (χ3n) is 6.39. The van der Waals surface area contributed by atoms with Gasteiger partial charge in [0.1, 0.15) is 0 Å². The van der Waals surface area contributed by atoms with Gasteiger partial charge < -0.3 is 19.5 Å². The summed E-state index contributed by atoms with van der Waals surface area (Å²) < 4.78 is 11.6. The molecule has 2 aliphatic rings. The van der Waals surface area contributed by atoms with Crippen molar-refractivity contribution >= 4 is 6.09 Å². The number of likely N-dealkylation sites (tertiary alicyclic amines) is 2. The van der Waals surface area contributed by atoms with Crippen molar-refractivity contribution in [2.24, 2.45) is 5.92 Å². The highest BCUT2D eigenvalue weighted by molar-refractivity contribution is 5.64. The van der Waals surface area contributed by atoms with Crippen LogP contribution in [0.3, 0.4) is 0 Å². The highest BCUT2D eigenvalue weighted by atomic mass is 16.5. The van der Waals surface area contributed by atoms with Gasteiger partial charge in [-0.3, -0.25) is 4.90 Å². The quantitative estimate of drug-likeness (QED) is 0.480. The number of piperidine rings is 2. The first kappa shape index (κ1) is 27.6. The molecule has 0 saturated carbocycles. The molecule has 2 heterocycles. The van der Waals surface area contributed by atoms with Crippen LogP contribution >= 0.6 is 0 Å². The van der Waals surface area contributed by atoms with Gasteiger partial charge in [0.2, 0.25) is 0 Å². The Hall–Kier alpha value is -1.63. The first-order chi connectivity index (χ1) is 15.9. The van der Waals surface area contributed by atoms with Crippen molar-refractivity contribution in [3.63, 3.8) is 0 Å². The molecule has 0 spiro atoms. The molecule has 2 fully saturated rings. The van der Waals surface area contributed by atoms with Gasteiger partial charge in [0, 0.05) is 38.4 Å². The number of hydrogen-bond donors (Lipinski definition) is 1. The van der Waals surface area contributed by atoms with Gasteiger partial charge in [-0.25, -0.2) is 4.79 Å². The summed E-state index contributed by atoms with van der Waals surface area (Å²) in [4.78, 5) is 14.4. The molecule has 1 N–H and O–H groups in total. The van der Waals surface area contributed by atoms with Crippen LogP contribution in [0.5, 0.6) is 0 Å². The second-order valence-corrected chi connectivity index (χ2v) is 10.3. The van der Waals surface area contributed by atoms with Crippen molar-refractivity contribution in [2.45, 2.75) is 77.9 Å². The maximum absolute atomic E-state index is 10.3.